The van der Waals surface area contributed by atoms with Gasteiger partial charge in [-0.3, -0.25) is 19.7 Å². The van der Waals surface area contributed by atoms with Crippen LogP contribution in [-0.2, 0) is 89.4 Å². The Morgan fingerprint density at radius 1 is 0.423 bits per heavy atom. The summed E-state index contributed by atoms with van der Waals surface area (Å²) in [5, 5.41) is 26.8. The fourth-order valence-corrected chi connectivity index (χ4v) is 17.8. The molecule has 30 heteroatoms. The zero-order chi connectivity index (χ0) is 103. The minimum atomic E-state index is -0.951. The molecule has 4 aliphatic carbocycles. The molecule has 766 valence electrons. The number of ether oxygens (including phenoxy) is 7. The van der Waals surface area contributed by atoms with E-state index >= 15 is 0 Å². The Hall–Kier alpha value is -14.3. The lowest BCUT2D eigenvalue weighted by Gasteiger charge is -2.29. The maximum Gasteiger partial charge on any atom is 0.337 e. The summed E-state index contributed by atoms with van der Waals surface area (Å²) < 4.78 is 101. The van der Waals surface area contributed by atoms with Gasteiger partial charge in [-0.2, -0.15) is 0 Å². The van der Waals surface area contributed by atoms with E-state index in [-0.39, 0.29) is 85.5 Å². The molecule has 13 aromatic rings. The molecule has 0 unspecified atom stereocenters. The van der Waals surface area contributed by atoms with Crippen molar-refractivity contribution in [1.82, 2.24) is 58.3 Å². The van der Waals surface area contributed by atoms with Crippen LogP contribution in [0.4, 0.5) is 17.6 Å². The quantitative estimate of drug-likeness (QED) is 0.0258. The highest BCUT2D eigenvalue weighted by atomic mass is 79.9. The van der Waals surface area contributed by atoms with Gasteiger partial charge in [-0.25, -0.2) is 56.9 Å². The van der Waals surface area contributed by atoms with Crippen LogP contribution in [0.25, 0.3) is 49.8 Å². The number of aliphatic hydroxyl groups excluding tert-OH is 2. The number of methoxy groups -OCH3 is 2. The average molecular weight is 2080 g/mol. The molecule has 149 heavy (non-hydrogen) atoms. The molecule has 0 spiro atoms. The van der Waals surface area contributed by atoms with E-state index in [2.05, 4.69) is 115 Å². The van der Waals surface area contributed by atoms with Crippen LogP contribution < -0.4 is 9.47 Å². The molecule has 3 atom stereocenters. The lowest BCUT2D eigenvalue weighted by molar-refractivity contribution is -0.0593. The number of pyridine rings is 3. The van der Waals surface area contributed by atoms with Gasteiger partial charge in [0.25, 0.3) is 0 Å². The Kier molecular flexibility index (Phi) is 35.2. The SMILES string of the molecule is C#CC1CC1.COC(=O)c1ccc2nc(CN3CC=C(c4cccc(OCc5ccc(C#CC6CC6)cc5F)n4)CC3)n(C[C@@H]3CCO3)c2c1.COC(=O)c1ccc2nc(CN3CC=C(c4ccccn4)CC3)n(C[C@@H]3CCO3)c2c1.O=C(O)c1ccc2nc(CN3CC=C(c4cccc(OCc5ccc(C#CC6CC6)cc5F)n4)CC3)n(C[C@@H]3CCO3)c2c1.OCc1ccc(Br)cc1F.OCc1ccc(C#CC2CC2)cc1F. The van der Waals surface area contributed by atoms with Crippen LogP contribution in [0.2, 0.25) is 0 Å². The number of terminal acetylenes is 1. The van der Waals surface area contributed by atoms with Crippen LogP contribution in [0, 0.1) is 94.8 Å². The van der Waals surface area contributed by atoms with Crippen molar-refractivity contribution in [3.63, 3.8) is 0 Å². The van der Waals surface area contributed by atoms with Gasteiger partial charge >= 0.3 is 17.9 Å². The number of hydrogen-bond acceptors (Lipinski definition) is 21. The van der Waals surface area contributed by atoms with E-state index in [0.717, 1.165) is 215 Å². The minimum Gasteiger partial charge on any atom is -0.478 e. The van der Waals surface area contributed by atoms with Gasteiger partial charge in [0.05, 0.1) is 152 Å². The number of halogens is 5. The highest BCUT2D eigenvalue weighted by Crippen LogP contribution is 2.36. The third-order valence-electron chi connectivity index (χ3n) is 27.3. The zero-order valence-electron chi connectivity index (χ0n) is 83.3. The summed E-state index contributed by atoms with van der Waals surface area (Å²) in [5.74, 6) is 23.9. The van der Waals surface area contributed by atoms with E-state index in [9.17, 15) is 37.1 Å². The van der Waals surface area contributed by atoms with Crippen LogP contribution in [0.15, 0.2) is 211 Å². The molecular formula is C119H117BrF4N12O13. The molecule has 3 N–H and O–H groups in total. The van der Waals surface area contributed by atoms with Crippen molar-refractivity contribution < 1.29 is 80.4 Å². The van der Waals surface area contributed by atoms with Crippen molar-refractivity contribution in [2.24, 2.45) is 23.7 Å². The van der Waals surface area contributed by atoms with Crippen LogP contribution in [0.5, 0.6) is 11.8 Å². The number of aromatic nitrogens is 9. The van der Waals surface area contributed by atoms with E-state index in [1.54, 1.807) is 78.9 Å². The predicted molar refractivity (Wildman–Crippen MR) is 562 cm³/mol. The van der Waals surface area contributed by atoms with Crippen LogP contribution in [-0.4, -0.2) is 183 Å². The van der Waals surface area contributed by atoms with E-state index in [1.807, 2.05) is 79.0 Å². The van der Waals surface area contributed by atoms with Crippen molar-refractivity contribution in [1.29, 1.82) is 0 Å². The Balaban J connectivity index is 0.000000129. The largest absolute Gasteiger partial charge is 0.478 e. The molecular weight excluding hydrogens is 1960 g/mol. The molecule has 3 saturated heterocycles. The van der Waals surface area contributed by atoms with Crippen molar-refractivity contribution in [3.05, 3.63) is 324 Å². The van der Waals surface area contributed by atoms with E-state index in [4.69, 9.17) is 74.7 Å². The fraction of sp³-hybridized carbons (Fsp3) is 0.353. The van der Waals surface area contributed by atoms with Gasteiger partial charge in [-0.1, -0.05) is 112 Å². The first kappa shape index (κ1) is 105. The van der Waals surface area contributed by atoms with Crippen molar-refractivity contribution in [3.8, 4) is 59.6 Å². The minimum absolute atomic E-state index is 0.0896. The van der Waals surface area contributed by atoms with Gasteiger partial charge < -0.3 is 62.2 Å². The second-order valence-corrected chi connectivity index (χ2v) is 39.3. The van der Waals surface area contributed by atoms with Crippen molar-refractivity contribution in [2.45, 2.75) is 174 Å². The molecule has 0 radical (unpaired) electrons. The summed E-state index contributed by atoms with van der Waals surface area (Å²) in [4.78, 5) is 71.5. The molecule has 0 amide bonds. The van der Waals surface area contributed by atoms with Crippen LogP contribution >= 0.6 is 15.9 Å². The van der Waals surface area contributed by atoms with Gasteiger partial charge in [-0.05, 0) is 234 Å². The number of rotatable bonds is 26. The highest BCUT2D eigenvalue weighted by Gasteiger charge is 2.31. The van der Waals surface area contributed by atoms with Crippen LogP contribution in [0.1, 0.15) is 194 Å². The Bertz CT molecular complexity index is 7380. The zero-order valence-corrected chi connectivity index (χ0v) is 84.8. The molecule has 4 saturated carbocycles. The second-order valence-electron chi connectivity index (χ2n) is 38.4. The monoisotopic (exact) mass is 2080 g/mol. The van der Waals surface area contributed by atoms with E-state index in [0.29, 0.717) is 116 Å². The molecule has 25 nitrogen and oxygen atoms in total. The lowest BCUT2D eigenvalue weighted by atomic mass is 10.0. The predicted octanol–water partition coefficient (Wildman–Crippen LogP) is 19.9. The number of carboxylic acids is 1. The summed E-state index contributed by atoms with van der Waals surface area (Å²) in [5.41, 5.74) is 16.5. The summed E-state index contributed by atoms with van der Waals surface area (Å²) in [6.45, 7) is 11.2. The number of carbonyl (C=O) groups excluding carboxylic acids is 2. The number of imidazole rings is 3. The third kappa shape index (κ3) is 28.8. The number of hydrogen-bond donors (Lipinski definition) is 3. The number of carbonyl (C=O) groups is 3. The lowest BCUT2D eigenvalue weighted by Crippen LogP contribution is -2.33. The smallest absolute Gasteiger partial charge is 0.337 e. The number of aliphatic hydroxyl groups is 2. The summed E-state index contributed by atoms with van der Waals surface area (Å²) in [7, 11) is 2.79. The van der Waals surface area contributed by atoms with Crippen molar-refractivity contribution >= 4 is 83.7 Å². The standard InChI is InChI=1S/C36H35FN4O4.C35H33FN4O4.C24H26N4O3.C12H11FO.C7H6BrFO.C5H6/c1-43-36(42)27-11-12-32-33(20-27)41(21-29-15-18-44-29)34(38-32)22-40-16-13-26(14-17-40)31-3-2-4-35(39-31)45-23-28-10-9-25(19-30(28)37)8-7-24-5-6-24;36-29-18-24(7-6-23-4-5-23)8-9-27(29)22-44-34-3-1-2-30(38-34)25-12-15-39(16-13-25)21-33-37-31-11-10-26(35(41)42)19-32(31)40(33)20-28-14-17-43-28;1-30-24(29)18-5-6-21-22(14-18)28(15-19-9-13-31-19)23(26-21)16-27-11-7-17(8-12-27)20-4-2-3-10-25-20;13-12-7-10(4-3-9-1-2-9)5-6-11(12)8-14;8-6-2-1-5(4-10)7(9)3-6;1-2-5-3-4-5/h2-4,9-13,19-20,24,29H,5-6,14-18,21-23H2,1H3;1-3,8-12,18-19,23,28H,4-5,13-17,20-22H2,(H,41,42);2-7,10,14,19H,8-9,11-13,15-16H2,1H3;5-7,9,14H,1-2,8H2;1-3,10H,4H2;1,5H,3-4H2/t29-;28-;19-;;;/m000.../s1. The molecule has 23 rings (SSSR count). The number of benzene rings is 7. The first-order valence-corrected chi connectivity index (χ1v) is 51.6. The number of esters is 2. The molecule has 7 fully saturated rings. The number of aromatic carboxylic acids is 1. The number of fused-ring (bicyclic) bond motifs is 3. The molecule has 12 heterocycles. The normalized spacial score (nSPS) is 17.6. The van der Waals surface area contributed by atoms with Gasteiger partial charge in [-0.15, -0.1) is 12.3 Å². The van der Waals surface area contributed by atoms with E-state index in [1.165, 1.54) is 69.7 Å². The molecule has 0 bridgehead atoms. The molecule has 7 aromatic carbocycles. The fourth-order valence-electron chi connectivity index (χ4n) is 17.5. The summed E-state index contributed by atoms with van der Waals surface area (Å²) in [6, 6.07) is 52.9. The maximum atomic E-state index is 14.7. The third-order valence-corrected chi connectivity index (χ3v) is 27.7. The Morgan fingerprint density at radius 3 is 1.10 bits per heavy atom. The van der Waals surface area contributed by atoms with Gasteiger partial charge in [0.15, 0.2) is 0 Å². The first-order chi connectivity index (χ1) is 72.7. The van der Waals surface area contributed by atoms with Gasteiger partial charge in [0, 0.05) is 145 Å². The molecule has 6 aliphatic heterocycles. The average Bonchev–Trinajstić information content (AvgIpc) is 1.64. The summed E-state index contributed by atoms with van der Waals surface area (Å²) >= 11 is 3.10. The highest BCUT2D eigenvalue weighted by molar-refractivity contribution is 9.10. The van der Waals surface area contributed by atoms with Crippen LogP contribution in [0.3, 0.4) is 0 Å². The number of nitrogens with zero attached hydrogens (tertiary/aromatic N) is 12. The maximum absolute atomic E-state index is 14.7. The topological polar surface area (TPSA) is 278 Å². The van der Waals surface area contributed by atoms with E-state index < -0.39 is 5.97 Å². The molecule has 6 aromatic heterocycles. The van der Waals surface area contributed by atoms with Crippen molar-refractivity contribution in [2.75, 3.05) is 73.3 Å². The molecule has 10 aliphatic rings. The van der Waals surface area contributed by atoms with Gasteiger partial charge in [0.2, 0.25) is 11.8 Å². The Labute approximate surface area is 871 Å². The van der Waals surface area contributed by atoms with Gasteiger partial charge in [0.1, 0.15) is 54.0 Å². The first-order valence-electron chi connectivity index (χ1n) is 50.8. The number of carboxylic acid groups (broad SMARTS) is 1. The second kappa shape index (κ2) is 50.2. The summed E-state index contributed by atoms with van der Waals surface area (Å²) in [6.07, 6.45) is 29.1. The Morgan fingerprint density at radius 2 is 0.785 bits per heavy atom.